The number of nitrogens with one attached hydrogen (secondary N) is 1. The molecule has 0 radical (unpaired) electrons. The lowest BCUT2D eigenvalue weighted by Gasteiger charge is -2.17. The summed E-state index contributed by atoms with van der Waals surface area (Å²) in [7, 11) is 0. The Morgan fingerprint density at radius 2 is 2.06 bits per heavy atom. The number of phenolic OH excluding ortho intramolecular Hbond substituents is 1. The summed E-state index contributed by atoms with van der Waals surface area (Å²) in [5.74, 6) is 0.334. The Labute approximate surface area is 103 Å². The van der Waals surface area contributed by atoms with Gasteiger partial charge in [0.2, 0.25) is 0 Å². The maximum absolute atomic E-state index is 9.83. The second kappa shape index (κ2) is 6.62. The number of aryl methyl sites for hydroxylation is 1. The van der Waals surface area contributed by atoms with Gasteiger partial charge in [-0.05, 0) is 44.9 Å². The van der Waals surface area contributed by atoms with E-state index in [0.717, 1.165) is 30.5 Å². The van der Waals surface area contributed by atoms with E-state index in [4.69, 9.17) is 0 Å². The van der Waals surface area contributed by atoms with E-state index < -0.39 is 0 Å². The van der Waals surface area contributed by atoms with Crippen LogP contribution in [0.2, 0.25) is 0 Å². The molecular weight excluding hydrogens is 214 g/mol. The average Bonchev–Trinajstić information content (AvgIpc) is 2.28. The second-order valence-corrected chi connectivity index (χ2v) is 4.59. The predicted molar refractivity (Wildman–Crippen MR) is 70.2 cm³/mol. The van der Waals surface area contributed by atoms with E-state index in [9.17, 15) is 10.2 Å². The monoisotopic (exact) mass is 237 g/mol. The van der Waals surface area contributed by atoms with Gasteiger partial charge in [0.25, 0.3) is 0 Å². The molecule has 2 atom stereocenters. The van der Waals surface area contributed by atoms with Gasteiger partial charge >= 0.3 is 0 Å². The number of aliphatic hydroxyl groups is 1. The molecule has 1 aromatic carbocycles. The Kier molecular flexibility index (Phi) is 5.45. The molecular formula is C14H23NO2. The van der Waals surface area contributed by atoms with Crippen LogP contribution in [-0.2, 0) is 0 Å². The summed E-state index contributed by atoms with van der Waals surface area (Å²) < 4.78 is 0. The third-order valence-corrected chi connectivity index (χ3v) is 3.05. The molecule has 1 aromatic rings. The molecule has 0 saturated carbocycles. The third kappa shape index (κ3) is 4.36. The van der Waals surface area contributed by atoms with Crippen LogP contribution in [0.15, 0.2) is 18.2 Å². The van der Waals surface area contributed by atoms with Crippen molar-refractivity contribution in [2.75, 3.05) is 6.54 Å². The van der Waals surface area contributed by atoms with Crippen molar-refractivity contribution in [2.45, 2.75) is 45.8 Å². The summed E-state index contributed by atoms with van der Waals surface area (Å²) in [4.78, 5) is 0. The van der Waals surface area contributed by atoms with Gasteiger partial charge in [-0.2, -0.15) is 0 Å². The quantitative estimate of drug-likeness (QED) is 0.712. The Morgan fingerprint density at radius 1 is 1.35 bits per heavy atom. The second-order valence-electron chi connectivity index (χ2n) is 4.59. The SMILES string of the molecule is CCC(O)CCNC(C)c1ccc(C)cc1O. The van der Waals surface area contributed by atoms with Gasteiger partial charge in [0.1, 0.15) is 5.75 Å². The minimum Gasteiger partial charge on any atom is -0.508 e. The zero-order valence-corrected chi connectivity index (χ0v) is 10.9. The lowest BCUT2D eigenvalue weighted by Crippen LogP contribution is -2.23. The van der Waals surface area contributed by atoms with Gasteiger partial charge in [-0.3, -0.25) is 0 Å². The number of benzene rings is 1. The minimum atomic E-state index is -0.235. The van der Waals surface area contributed by atoms with Crippen LogP contribution in [0.3, 0.4) is 0 Å². The Bertz CT molecular complexity index is 352. The Hall–Kier alpha value is -1.06. The van der Waals surface area contributed by atoms with Gasteiger partial charge in [-0.25, -0.2) is 0 Å². The largest absolute Gasteiger partial charge is 0.508 e. The van der Waals surface area contributed by atoms with Crippen molar-refractivity contribution in [1.82, 2.24) is 5.32 Å². The molecule has 3 heteroatoms. The molecule has 0 spiro atoms. The molecule has 0 bridgehead atoms. The average molecular weight is 237 g/mol. The molecule has 0 aliphatic heterocycles. The molecule has 0 aliphatic rings. The number of phenols is 1. The zero-order chi connectivity index (χ0) is 12.8. The van der Waals surface area contributed by atoms with E-state index >= 15 is 0 Å². The molecule has 96 valence electrons. The van der Waals surface area contributed by atoms with Crippen LogP contribution in [0.25, 0.3) is 0 Å². The molecule has 2 unspecified atom stereocenters. The molecule has 1 rings (SSSR count). The molecule has 0 saturated heterocycles. The fraction of sp³-hybridized carbons (Fsp3) is 0.571. The maximum atomic E-state index is 9.83. The van der Waals surface area contributed by atoms with Gasteiger partial charge in [0, 0.05) is 11.6 Å². The van der Waals surface area contributed by atoms with Crippen molar-refractivity contribution in [3.63, 3.8) is 0 Å². The number of hydrogen-bond donors (Lipinski definition) is 3. The molecule has 0 aliphatic carbocycles. The molecule has 17 heavy (non-hydrogen) atoms. The van der Waals surface area contributed by atoms with E-state index in [1.165, 1.54) is 0 Å². The highest BCUT2D eigenvalue weighted by Crippen LogP contribution is 2.24. The summed E-state index contributed by atoms with van der Waals surface area (Å²) in [6, 6.07) is 5.81. The topological polar surface area (TPSA) is 52.5 Å². The van der Waals surface area contributed by atoms with Crippen LogP contribution in [0.5, 0.6) is 5.75 Å². The lowest BCUT2D eigenvalue weighted by molar-refractivity contribution is 0.158. The number of rotatable bonds is 6. The first kappa shape index (κ1) is 14.0. The molecule has 3 nitrogen and oxygen atoms in total. The molecule has 0 amide bonds. The number of hydrogen-bond acceptors (Lipinski definition) is 3. The van der Waals surface area contributed by atoms with Gasteiger partial charge in [-0.1, -0.05) is 19.1 Å². The number of aliphatic hydroxyl groups excluding tert-OH is 1. The van der Waals surface area contributed by atoms with Crippen LogP contribution in [0.4, 0.5) is 0 Å². The lowest BCUT2D eigenvalue weighted by atomic mass is 10.0. The highest BCUT2D eigenvalue weighted by molar-refractivity contribution is 5.37. The van der Waals surface area contributed by atoms with Crippen LogP contribution in [0, 0.1) is 6.92 Å². The smallest absolute Gasteiger partial charge is 0.120 e. The van der Waals surface area contributed by atoms with E-state index in [-0.39, 0.29) is 12.1 Å². The Morgan fingerprint density at radius 3 is 2.65 bits per heavy atom. The number of aromatic hydroxyl groups is 1. The Balaban J connectivity index is 2.49. The van der Waals surface area contributed by atoms with Crippen molar-refractivity contribution in [2.24, 2.45) is 0 Å². The van der Waals surface area contributed by atoms with Crippen LogP contribution < -0.4 is 5.32 Å². The highest BCUT2D eigenvalue weighted by Gasteiger charge is 2.10. The normalized spacial score (nSPS) is 14.6. The van der Waals surface area contributed by atoms with E-state index in [2.05, 4.69) is 5.32 Å². The third-order valence-electron chi connectivity index (χ3n) is 3.05. The van der Waals surface area contributed by atoms with Crippen LogP contribution >= 0.6 is 0 Å². The van der Waals surface area contributed by atoms with E-state index in [0.29, 0.717) is 5.75 Å². The van der Waals surface area contributed by atoms with Gasteiger partial charge in [-0.15, -0.1) is 0 Å². The zero-order valence-electron chi connectivity index (χ0n) is 10.9. The van der Waals surface area contributed by atoms with Gasteiger partial charge < -0.3 is 15.5 Å². The van der Waals surface area contributed by atoms with Crippen LogP contribution in [-0.4, -0.2) is 22.9 Å². The van der Waals surface area contributed by atoms with Gasteiger partial charge in [0.05, 0.1) is 6.10 Å². The summed E-state index contributed by atoms with van der Waals surface area (Å²) in [5, 5.41) is 22.6. The fourth-order valence-electron chi connectivity index (χ4n) is 1.80. The molecule has 0 heterocycles. The minimum absolute atomic E-state index is 0.0969. The van der Waals surface area contributed by atoms with Crippen molar-refractivity contribution in [3.8, 4) is 5.75 Å². The molecule has 0 fully saturated rings. The predicted octanol–water partition coefficient (Wildman–Crippen LogP) is 2.51. The van der Waals surface area contributed by atoms with E-state index in [1.807, 2.05) is 32.9 Å². The molecule has 0 aromatic heterocycles. The van der Waals surface area contributed by atoms with Crippen molar-refractivity contribution in [3.05, 3.63) is 29.3 Å². The van der Waals surface area contributed by atoms with Gasteiger partial charge in [0.15, 0.2) is 0 Å². The van der Waals surface area contributed by atoms with E-state index in [1.54, 1.807) is 6.07 Å². The summed E-state index contributed by atoms with van der Waals surface area (Å²) in [5.41, 5.74) is 1.96. The first-order valence-corrected chi connectivity index (χ1v) is 6.25. The fourth-order valence-corrected chi connectivity index (χ4v) is 1.80. The van der Waals surface area contributed by atoms with Crippen molar-refractivity contribution < 1.29 is 10.2 Å². The van der Waals surface area contributed by atoms with Crippen molar-refractivity contribution >= 4 is 0 Å². The van der Waals surface area contributed by atoms with Crippen molar-refractivity contribution in [1.29, 1.82) is 0 Å². The first-order chi connectivity index (χ1) is 8.04. The van der Waals surface area contributed by atoms with Crippen LogP contribution in [0.1, 0.15) is 43.9 Å². The molecule has 3 N–H and O–H groups in total. The summed E-state index contributed by atoms with van der Waals surface area (Å²) in [6.45, 7) is 6.70. The highest BCUT2D eigenvalue weighted by atomic mass is 16.3. The maximum Gasteiger partial charge on any atom is 0.120 e. The first-order valence-electron chi connectivity index (χ1n) is 6.25. The summed E-state index contributed by atoms with van der Waals surface area (Å²) >= 11 is 0. The standard InChI is InChI=1S/C14H23NO2/c1-4-12(16)7-8-15-11(3)13-6-5-10(2)9-14(13)17/h5-6,9,11-12,15-17H,4,7-8H2,1-3H3. The summed E-state index contributed by atoms with van der Waals surface area (Å²) in [6.07, 6.45) is 1.29.